The minimum atomic E-state index is -0.982. The molecule has 2 aromatic rings. The Bertz CT molecular complexity index is 662. The van der Waals surface area contributed by atoms with Crippen molar-refractivity contribution in [1.29, 1.82) is 0 Å². The van der Waals surface area contributed by atoms with Crippen LogP contribution < -0.4 is 10.1 Å². The highest BCUT2D eigenvalue weighted by atomic mass is 32.1. The minimum absolute atomic E-state index is 0.208. The van der Waals surface area contributed by atoms with Gasteiger partial charge in [0.2, 0.25) is 0 Å². The molecule has 0 aliphatic rings. The maximum absolute atomic E-state index is 12.5. The average Bonchev–Trinajstić information content (AvgIpc) is 2.84. The van der Waals surface area contributed by atoms with E-state index in [1.807, 2.05) is 31.2 Å². The summed E-state index contributed by atoms with van der Waals surface area (Å²) in [4.78, 5) is 17.7. The number of amides is 1. The van der Waals surface area contributed by atoms with E-state index >= 15 is 0 Å². The molecule has 1 aromatic heterocycles. The summed E-state index contributed by atoms with van der Waals surface area (Å²) in [6, 6.07) is 7.82. The maximum atomic E-state index is 12.5. The van der Waals surface area contributed by atoms with Crippen molar-refractivity contribution in [3.8, 4) is 5.75 Å². The maximum Gasteiger partial charge on any atom is 0.269 e. The summed E-state index contributed by atoms with van der Waals surface area (Å²) in [5.41, 5.74) is 0.110. The topological polar surface area (TPSA) is 51.2 Å². The van der Waals surface area contributed by atoms with Gasteiger partial charge in [0.25, 0.3) is 5.91 Å². The highest BCUT2D eigenvalue weighted by Gasteiger charge is 2.31. The second-order valence-electron chi connectivity index (χ2n) is 6.04. The highest BCUT2D eigenvalue weighted by Crippen LogP contribution is 2.29. The van der Waals surface area contributed by atoms with Crippen LogP contribution in [0.25, 0.3) is 0 Å². The zero-order valence-corrected chi connectivity index (χ0v) is 14.5. The van der Waals surface area contributed by atoms with Crippen LogP contribution in [-0.4, -0.2) is 16.5 Å². The SMILES string of the molecule is Cc1cnc(NC(=O)C(C)(C)Oc2ccccc2C(C)C)s1. The zero-order valence-electron chi connectivity index (χ0n) is 13.6. The number of carbonyl (C=O) groups is 1. The Labute approximate surface area is 135 Å². The number of carbonyl (C=O) groups excluding carboxylic acids is 1. The number of hydrogen-bond donors (Lipinski definition) is 1. The molecule has 0 unspecified atom stereocenters. The van der Waals surface area contributed by atoms with Gasteiger partial charge in [0.05, 0.1) is 0 Å². The highest BCUT2D eigenvalue weighted by molar-refractivity contribution is 7.15. The molecule has 22 heavy (non-hydrogen) atoms. The average molecular weight is 318 g/mol. The number of benzene rings is 1. The summed E-state index contributed by atoms with van der Waals surface area (Å²) < 4.78 is 6.00. The lowest BCUT2D eigenvalue weighted by atomic mass is 10.0. The quantitative estimate of drug-likeness (QED) is 0.890. The molecule has 1 heterocycles. The number of anilines is 1. The normalized spacial score (nSPS) is 11.5. The number of aromatic nitrogens is 1. The van der Waals surface area contributed by atoms with Crippen LogP contribution in [0.1, 0.15) is 44.1 Å². The van der Waals surface area contributed by atoms with Crippen LogP contribution in [0.15, 0.2) is 30.5 Å². The van der Waals surface area contributed by atoms with E-state index in [0.717, 1.165) is 16.2 Å². The van der Waals surface area contributed by atoms with Crippen LogP contribution in [0.3, 0.4) is 0 Å². The molecular weight excluding hydrogens is 296 g/mol. The molecule has 0 saturated heterocycles. The van der Waals surface area contributed by atoms with Crippen LogP contribution >= 0.6 is 11.3 Å². The van der Waals surface area contributed by atoms with Gasteiger partial charge in [-0.15, -0.1) is 11.3 Å². The molecule has 0 saturated carbocycles. The standard InChI is InChI=1S/C17H22N2O2S/c1-11(2)13-8-6-7-9-14(13)21-17(4,5)15(20)19-16-18-10-12(3)22-16/h6-11H,1-5H3,(H,18,19,20). The van der Waals surface area contributed by atoms with Crippen molar-refractivity contribution >= 4 is 22.4 Å². The summed E-state index contributed by atoms with van der Waals surface area (Å²) in [5.74, 6) is 0.866. The first-order chi connectivity index (χ1) is 10.3. The number of thiazole rings is 1. The van der Waals surface area contributed by atoms with Crippen molar-refractivity contribution in [3.05, 3.63) is 40.9 Å². The Hall–Kier alpha value is -1.88. The number of aryl methyl sites for hydroxylation is 1. The van der Waals surface area contributed by atoms with Gasteiger partial charge < -0.3 is 4.74 Å². The fraction of sp³-hybridized carbons (Fsp3) is 0.412. The number of nitrogens with one attached hydrogen (secondary N) is 1. The molecule has 0 fully saturated rings. The molecule has 5 heteroatoms. The first kappa shape index (κ1) is 16.5. The summed E-state index contributed by atoms with van der Waals surface area (Å²) in [6.07, 6.45) is 1.74. The molecule has 4 nitrogen and oxygen atoms in total. The summed E-state index contributed by atoms with van der Waals surface area (Å²) in [5, 5.41) is 3.41. The molecule has 0 bridgehead atoms. The van der Waals surface area contributed by atoms with E-state index in [1.54, 1.807) is 20.0 Å². The lowest BCUT2D eigenvalue weighted by Gasteiger charge is -2.26. The van der Waals surface area contributed by atoms with Crippen LogP contribution in [0.5, 0.6) is 5.75 Å². The Kier molecular flexibility index (Phi) is 4.86. The lowest BCUT2D eigenvalue weighted by molar-refractivity contribution is -0.128. The van der Waals surface area contributed by atoms with Crippen molar-refractivity contribution in [2.45, 2.75) is 46.1 Å². The van der Waals surface area contributed by atoms with Gasteiger partial charge in [0.1, 0.15) is 5.75 Å². The van der Waals surface area contributed by atoms with E-state index in [2.05, 4.69) is 24.1 Å². The van der Waals surface area contributed by atoms with E-state index in [4.69, 9.17) is 4.74 Å². The van der Waals surface area contributed by atoms with Gasteiger partial charge in [-0.05, 0) is 38.3 Å². The molecular formula is C17H22N2O2S. The van der Waals surface area contributed by atoms with E-state index in [1.165, 1.54) is 11.3 Å². The van der Waals surface area contributed by atoms with E-state index < -0.39 is 5.60 Å². The lowest BCUT2D eigenvalue weighted by Crippen LogP contribution is -2.42. The van der Waals surface area contributed by atoms with Gasteiger partial charge >= 0.3 is 0 Å². The number of para-hydroxylation sites is 1. The number of ether oxygens (including phenoxy) is 1. The number of nitrogens with zero attached hydrogens (tertiary/aromatic N) is 1. The second kappa shape index (κ2) is 6.48. The zero-order chi connectivity index (χ0) is 16.3. The van der Waals surface area contributed by atoms with Crippen molar-refractivity contribution in [2.75, 3.05) is 5.32 Å². The van der Waals surface area contributed by atoms with Crippen LogP contribution in [-0.2, 0) is 4.79 Å². The third-order valence-electron chi connectivity index (χ3n) is 3.29. The Morgan fingerprint density at radius 3 is 2.59 bits per heavy atom. The molecule has 1 aromatic carbocycles. The fourth-order valence-corrected chi connectivity index (χ4v) is 2.69. The molecule has 118 valence electrons. The Balaban J connectivity index is 2.15. The second-order valence-corrected chi connectivity index (χ2v) is 7.27. The molecule has 1 N–H and O–H groups in total. The number of hydrogen-bond acceptors (Lipinski definition) is 4. The Morgan fingerprint density at radius 1 is 1.32 bits per heavy atom. The molecule has 1 amide bonds. The van der Waals surface area contributed by atoms with Crippen molar-refractivity contribution in [1.82, 2.24) is 4.98 Å². The van der Waals surface area contributed by atoms with Gasteiger partial charge in [0, 0.05) is 11.1 Å². The first-order valence-corrected chi connectivity index (χ1v) is 8.13. The molecule has 2 rings (SSSR count). The smallest absolute Gasteiger partial charge is 0.269 e. The van der Waals surface area contributed by atoms with Gasteiger partial charge in [-0.2, -0.15) is 0 Å². The van der Waals surface area contributed by atoms with Gasteiger partial charge in [-0.3, -0.25) is 10.1 Å². The summed E-state index contributed by atoms with van der Waals surface area (Å²) in [6.45, 7) is 9.69. The van der Waals surface area contributed by atoms with Gasteiger partial charge in [-0.25, -0.2) is 4.98 Å². The largest absolute Gasteiger partial charge is 0.478 e. The first-order valence-electron chi connectivity index (χ1n) is 7.31. The molecule has 0 aliphatic carbocycles. The molecule has 0 radical (unpaired) electrons. The third-order valence-corrected chi connectivity index (χ3v) is 4.12. The van der Waals surface area contributed by atoms with Crippen molar-refractivity contribution in [3.63, 3.8) is 0 Å². The monoisotopic (exact) mass is 318 g/mol. The van der Waals surface area contributed by atoms with Crippen LogP contribution in [0.2, 0.25) is 0 Å². The molecule has 0 atom stereocenters. The predicted molar refractivity (Wildman–Crippen MR) is 90.7 cm³/mol. The summed E-state index contributed by atoms with van der Waals surface area (Å²) in [7, 11) is 0. The van der Waals surface area contributed by atoms with Crippen molar-refractivity contribution < 1.29 is 9.53 Å². The van der Waals surface area contributed by atoms with Gasteiger partial charge in [0.15, 0.2) is 10.7 Å². The fourth-order valence-electron chi connectivity index (χ4n) is 2.03. The minimum Gasteiger partial charge on any atom is -0.478 e. The Morgan fingerprint density at radius 2 is 2.00 bits per heavy atom. The van der Waals surface area contributed by atoms with E-state index in [-0.39, 0.29) is 5.91 Å². The summed E-state index contributed by atoms with van der Waals surface area (Å²) >= 11 is 1.45. The third kappa shape index (κ3) is 3.85. The van der Waals surface area contributed by atoms with Crippen LogP contribution in [0.4, 0.5) is 5.13 Å². The predicted octanol–water partition coefficient (Wildman–Crippen LogP) is 4.37. The van der Waals surface area contributed by atoms with E-state index in [9.17, 15) is 4.79 Å². The van der Waals surface area contributed by atoms with Crippen molar-refractivity contribution in [2.24, 2.45) is 0 Å². The van der Waals surface area contributed by atoms with Crippen LogP contribution in [0, 0.1) is 6.92 Å². The van der Waals surface area contributed by atoms with Gasteiger partial charge in [-0.1, -0.05) is 32.0 Å². The molecule has 0 aliphatic heterocycles. The molecule has 0 spiro atoms. The number of rotatable bonds is 5. The van der Waals surface area contributed by atoms with E-state index in [0.29, 0.717) is 11.0 Å².